The minimum Gasteiger partial charge on any atom is -0.356 e. The van der Waals surface area contributed by atoms with Gasteiger partial charge in [-0.2, -0.15) is 13.2 Å². The Morgan fingerprint density at radius 2 is 2.00 bits per heavy atom. The van der Waals surface area contributed by atoms with Crippen molar-refractivity contribution in [3.8, 4) is 0 Å². The average molecular weight is 371 g/mol. The largest absolute Gasteiger partial charge is 0.418 e. The lowest BCUT2D eigenvalue weighted by molar-refractivity contribution is -0.136. The third kappa shape index (κ3) is 5.47. The second-order valence-corrected chi connectivity index (χ2v) is 5.01. The highest BCUT2D eigenvalue weighted by molar-refractivity contribution is 6.34. The van der Waals surface area contributed by atoms with E-state index >= 15 is 0 Å². The van der Waals surface area contributed by atoms with Crippen molar-refractivity contribution in [3.05, 3.63) is 28.8 Å². The molecule has 0 saturated carbocycles. The quantitative estimate of drug-likeness (QED) is 0.706. The fourth-order valence-corrected chi connectivity index (χ4v) is 2.14. The van der Waals surface area contributed by atoms with Crippen molar-refractivity contribution in [1.29, 1.82) is 0 Å². The van der Waals surface area contributed by atoms with E-state index in [0.29, 0.717) is 13.1 Å². The van der Waals surface area contributed by atoms with E-state index in [4.69, 9.17) is 11.6 Å². The molecule has 0 unspecified atom stereocenters. The van der Waals surface area contributed by atoms with E-state index in [0.717, 1.165) is 18.9 Å². The van der Waals surface area contributed by atoms with Crippen LogP contribution in [-0.4, -0.2) is 25.1 Å². The van der Waals surface area contributed by atoms with Crippen LogP contribution in [0.25, 0.3) is 0 Å². The number of anilines is 1. The summed E-state index contributed by atoms with van der Waals surface area (Å²) in [5, 5.41) is 7.19. The first kappa shape index (κ1) is 19.4. The zero-order chi connectivity index (χ0) is 16.2. The van der Waals surface area contributed by atoms with Crippen molar-refractivity contribution in [2.45, 2.75) is 19.0 Å². The molecule has 128 valence electrons. The maximum Gasteiger partial charge on any atom is 0.418 e. The molecule has 0 saturated heterocycles. The number of nitrogens with one attached hydrogen (secondary N) is 3. The van der Waals surface area contributed by atoms with Crippen LogP contribution in [0.5, 0.6) is 0 Å². The van der Waals surface area contributed by atoms with Gasteiger partial charge in [0.05, 0.1) is 16.3 Å². The van der Waals surface area contributed by atoms with Crippen LogP contribution in [0.15, 0.2) is 23.2 Å². The van der Waals surface area contributed by atoms with Crippen molar-refractivity contribution in [2.75, 3.05) is 18.4 Å². The lowest BCUT2D eigenvalue weighted by Gasteiger charge is -2.16. The van der Waals surface area contributed by atoms with Crippen LogP contribution < -0.4 is 16.0 Å². The Morgan fingerprint density at radius 3 is 2.70 bits per heavy atom. The van der Waals surface area contributed by atoms with E-state index in [1.807, 2.05) is 0 Å². The molecule has 0 fully saturated rings. The Balaban J connectivity index is 0.00000264. The second kappa shape index (κ2) is 8.26. The van der Waals surface area contributed by atoms with Crippen molar-refractivity contribution in [2.24, 2.45) is 4.99 Å². The standard InChI is InChI=1S/C13H14ClF3N4O.ClH/c14-9-5-3-4-8(13(15,16)17)10(9)20-12(22)21-11-18-6-1-2-7-19-11;/h3-5H,1-2,6-7H2,(H3,18,19,20,21,22);1H. The molecular weight excluding hydrogens is 356 g/mol. The van der Waals surface area contributed by atoms with Gasteiger partial charge >= 0.3 is 12.2 Å². The number of alkyl halides is 3. The predicted octanol–water partition coefficient (Wildman–Crippen LogP) is 3.64. The Morgan fingerprint density at radius 1 is 1.26 bits per heavy atom. The molecule has 2 amide bonds. The fourth-order valence-electron chi connectivity index (χ4n) is 1.91. The topological polar surface area (TPSA) is 65.5 Å². The summed E-state index contributed by atoms with van der Waals surface area (Å²) in [5.74, 6) is 0.232. The van der Waals surface area contributed by atoms with Crippen molar-refractivity contribution < 1.29 is 18.0 Å². The molecule has 1 heterocycles. The normalized spacial score (nSPS) is 14.7. The van der Waals surface area contributed by atoms with E-state index in [-0.39, 0.29) is 23.4 Å². The van der Waals surface area contributed by atoms with E-state index in [9.17, 15) is 18.0 Å². The molecule has 10 heteroatoms. The highest BCUT2D eigenvalue weighted by Crippen LogP contribution is 2.38. The van der Waals surface area contributed by atoms with Gasteiger partial charge in [-0.25, -0.2) is 4.79 Å². The summed E-state index contributed by atoms with van der Waals surface area (Å²) in [5.41, 5.74) is -1.49. The van der Waals surface area contributed by atoms with Gasteiger partial charge in [0.25, 0.3) is 0 Å². The van der Waals surface area contributed by atoms with Crippen LogP contribution in [0, 0.1) is 0 Å². The summed E-state index contributed by atoms with van der Waals surface area (Å²) in [6.07, 6.45) is -2.84. The molecule has 0 spiro atoms. The van der Waals surface area contributed by atoms with Gasteiger partial charge in [-0.3, -0.25) is 10.3 Å². The molecule has 1 aliphatic rings. The summed E-state index contributed by atoms with van der Waals surface area (Å²) < 4.78 is 38.8. The Kier molecular flexibility index (Phi) is 6.96. The van der Waals surface area contributed by atoms with Gasteiger partial charge in [-0.05, 0) is 25.0 Å². The lowest BCUT2D eigenvalue weighted by Crippen LogP contribution is -2.43. The zero-order valence-corrected chi connectivity index (χ0v) is 13.4. The molecule has 1 aromatic rings. The Bertz CT molecular complexity index is 593. The summed E-state index contributed by atoms with van der Waals surface area (Å²) in [6, 6.07) is 2.45. The number of halogens is 5. The van der Waals surface area contributed by atoms with Crippen LogP contribution in [0.4, 0.5) is 23.7 Å². The second-order valence-electron chi connectivity index (χ2n) is 4.60. The number of carbonyl (C=O) groups excluding carboxylic acids is 1. The monoisotopic (exact) mass is 370 g/mol. The highest BCUT2D eigenvalue weighted by atomic mass is 35.5. The first-order valence-corrected chi connectivity index (χ1v) is 6.98. The smallest absolute Gasteiger partial charge is 0.356 e. The molecule has 1 aliphatic heterocycles. The van der Waals surface area contributed by atoms with Gasteiger partial charge in [0.15, 0.2) is 5.96 Å². The number of guanidine groups is 1. The third-order valence-electron chi connectivity index (χ3n) is 2.94. The van der Waals surface area contributed by atoms with Crippen LogP contribution >= 0.6 is 24.0 Å². The average Bonchev–Trinajstić information content (AvgIpc) is 2.68. The number of hydrogen-bond acceptors (Lipinski definition) is 3. The molecule has 0 aromatic heterocycles. The van der Waals surface area contributed by atoms with Crippen molar-refractivity contribution in [1.82, 2.24) is 10.6 Å². The SMILES string of the molecule is Cl.O=C(NC1=NCCCCN1)Nc1c(Cl)cccc1C(F)(F)F. The van der Waals surface area contributed by atoms with E-state index in [1.165, 1.54) is 12.1 Å². The van der Waals surface area contributed by atoms with E-state index in [1.54, 1.807) is 0 Å². The number of amides is 2. The third-order valence-corrected chi connectivity index (χ3v) is 3.25. The molecule has 1 aromatic carbocycles. The summed E-state index contributed by atoms with van der Waals surface area (Å²) in [4.78, 5) is 15.9. The van der Waals surface area contributed by atoms with Crippen LogP contribution in [-0.2, 0) is 6.18 Å². The molecule has 0 bridgehead atoms. The molecular formula is C13H15Cl2F3N4O. The molecule has 3 N–H and O–H groups in total. The Labute approximate surface area is 142 Å². The summed E-state index contributed by atoms with van der Waals surface area (Å²) in [6.45, 7) is 1.18. The molecule has 23 heavy (non-hydrogen) atoms. The minimum atomic E-state index is -4.62. The maximum atomic E-state index is 12.9. The first-order chi connectivity index (χ1) is 10.4. The van der Waals surface area contributed by atoms with Crippen molar-refractivity contribution in [3.63, 3.8) is 0 Å². The van der Waals surface area contributed by atoms with Gasteiger partial charge < -0.3 is 10.6 Å². The van der Waals surface area contributed by atoms with Gasteiger partial charge in [0.1, 0.15) is 0 Å². The fraction of sp³-hybridized carbons (Fsp3) is 0.385. The number of benzene rings is 1. The van der Waals surface area contributed by atoms with Crippen LogP contribution in [0.1, 0.15) is 18.4 Å². The van der Waals surface area contributed by atoms with Crippen LogP contribution in [0.2, 0.25) is 5.02 Å². The maximum absolute atomic E-state index is 12.9. The molecule has 0 atom stereocenters. The van der Waals surface area contributed by atoms with Crippen molar-refractivity contribution >= 4 is 41.7 Å². The minimum absolute atomic E-state index is 0. The predicted molar refractivity (Wildman–Crippen MR) is 85.4 cm³/mol. The summed E-state index contributed by atoms with van der Waals surface area (Å²) in [7, 11) is 0. The number of para-hydroxylation sites is 1. The number of carbonyl (C=O) groups is 1. The number of nitrogens with zero attached hydrogens (tertiary/aromatic N) is 1. The number of urea groups is 1. The number of hydrogen-bond donors (Lipinski definition) is 3. The van der Waals surface area contributed by atoms with Gasteiger partial charge in [-0.1, -0.05) is 17.7 Å². The number of rotatable bonds is 1. The van der Waals surface area contributed by atoms with E-state index in [2.05, 4.69) is 20.9 Å². The Hall–Kier alpha value is -1.67. The summed E-state index contributed by atoms with van der Waals surface area (Å²) >= 11 is 5.76. The highest BCUT2D eigenvalue weighted by Gasteiger charge is 2.34. The molecule has 0 aliphatic carbocycles. The van der Waals surface area contributed by atoms with Gasteiger partial charge in [0, 0.05) is 13.1 Å². The molecule has 5 nitrogen and oxygen atoms in total. The van der Waals surface area contributed by atoms with Gasteiger partial charge in [-0.15, -0.1) is 12.4 Å². The molecule has 0 radical (unpaired) electrons. The zero-order valence-electron chi connectivity index (χ0n) is 11.8. The first-order valence-electron chi connectivity index (χ1n) is 6.60. The van der Waals surface area contributed by atoms with E-state index < -0.39 is 23.5 Å². The number of aliphatic imine (C=N–C) groups is 1. The molecule has 2 rings (SSSR count). The van der Waals surface area contributed by atoms with Gasteiger partial charge in [0.2, 0.25) is 0 Å². The lowest BCUT2D eigenvalue weighted by atomic mass is 10.1. The van der Waals surface area contributed by atoms with Crippen LogP contribution in [0.3, 0.4) is 0 Å².